The predicted octanol–water partition coefficient (Wildman–Crippen LogP) is 2.29. The van der Waals surface area contributed by atoms with Crippen LogP contribution >= 0.6 is 8.25 Å². The van der Waals surface area contributed by atoms with E-state index < -0.39 is 14.2 Å². The summed E-state index contributed by atoms with van der Waals surface area (Å²) in [5.41, 5.74) is 0.982. The van der Waals surface area contributed by atoms with Gasteiger partial charge in [0.25, 0.3) is 0 Å². The maximum Gasteiger partial charge on any atom is 0.750 e. The van der Waals surface area contributed by atoms with Gasteiger partial charge in [0.2, 0.25) is 0 Å². The van der Waals surface area contributed by atoms with E-state index in [0.717, 1.165) is 5.56 Å². The number of hydrogen-bond acceptors (Lipinski definition) is 3. The number of aliphatic hydroxyl groups is 1. The van der Waals surface area contributed by atoms with Gasteiger partial charge in [0, 0.05) is 10.6 Å². The van der Waals surface area contributed by atoms with Gasteiger partial charge in [-0.2, -0.15) is 4.52 Å². The lowest BCUT2D eigenvalue weighted by Crippen LogP contribution is -1.85. The quantitative estimate of drug-likeness (QED) is 0.594. The summed E-state index contributed by atoms with van der Waals surface area (Å²) in [6.45, 7) is 0. The monoisotopic (exact) mass is 213 g/mol. The first-order valence-electron chi connectivity index (χ1n) is 3.95. The Labute approximate surface area is 82.4 Å². The van der Waals surface area contributed by atoms with Crippen molar-refractivity contribution in [1.29, 1.82) is 0 Å². The van der Waals surface area contributed by atoms with Crippen LogP contribution in [-0.2, 0) is 15.5 Å². The van der Waals surface area contributed by atoms with Crippen LogP contribution < -0.4 is 0 Å². The molecule has 0 spiro atoms. The molecule has 0 bridgehead atoms. The van der Waals surface area contributed by atoms with E-state index in [0.29, 0.717) is 6.42 Å². The summed E-state index contributed by atoms with van der Waals surface area (Å²) < 4.78 is 14.3. The van der Waals surface area contributed by atoms with Crippen LogP contribution in [-0.4, -0.2) is 10.00 Å². The number of benzene rings is 1. The van der Waals surface area contributed by atoms with E-state index in [4.69, 9.17) is 10.00 Å². The molecule has 2 N–H and O–H groups in total. The molecule has 0 saturated heterocycles. The zero-order chi connectivity index (χ0) is 10.4. The molecule has 14 heavy (non-hydrogen) atoms. The molecular formula is C9H10O4P+. The Bertz CT molecular complexity index is 334. The van der Waals surface area contributed by atoms with Crippen LogP contribution in [0.15, 0.2) is 42.4 Å². The van der Waals surface area contributed by atoms with Crippen LogP contribution in [0.2, 0.25) is 0 Å². The van der Waals surface area contributed by atoms with Gasteiger partial charge in [-0.3, -0.25) is 0 Å². The first kappa shape index (κ1) is 10.7. The van der Waals surface area contributed by atoms with E-state index in [9.17, 15) is 4.57 Å². The van der Waals surface area contributed by atoms with Crippen molar-refractivity contribution in [3.05, 3.63) is 47.9 Å². The van der Waals surface area contributed by atoms with Gasteiger partial charge in [-0.1, -0.05) is 30.3 Å². The van der Waals surface area contributed by atoms with Crippen LogP contribution in [0.4, 0.5) is 0 Å². The molecule has 1 rings (SSSR count). The largest absolute Gasteiger partial charge is 0.750 e. The van der Waals surface area contributed by atoms with E-state index in [2.05, 4.69) is 4.52 Å². The first-order chi connectivity index (χ1) is 6.68. The lowest BCUT2D eigenvalue weighted by atomic mass is 10.1. The summed E-state index contributed by atoms with van der Waals surface area (Å²) in [7, 11) is -2.79. The Hall–Kier alpha value is -1.38. The maximum atomic E-state index is 10.1. The molecule has 0 aliphatic rings. The van der Waals surface area contributed by atoms with Crippen LogP contribution in [0.25, 0.3) is 0 Å². The summed E-state index contributed by atoms with van der Waals surface area (Å²) in [5, 5.41) is 8.98. The molecule has 0 heterocycles. The molecule has 1 unspecified atom stereocenters. The van der Waals surface area contributed by atoms with Gasteiger partial charge in [-0.05, 0) is 12.0 Å². The van der Waals surface area contributed by atoms with Crippen LogP contribution in [0, 0.1) is 0 Å². The maximum absolute atomic E-state index is 10.1. The zero-order valence-electron chi connectivity index (χ0n) is 7.33. The SMILES string of the molecule is O=[P+](O)O/C(O)=C/Cc1ccccc1. The molecule has 0 saturated carbocycles. The lowest BCUT2D eigenvalue weighted by molar-refractivity contribution is 0.197. The van der Waals surface area contributed by atoms with Crippen LogP contribution in [0.5, 0.6) is 0 Å². The Morgan fingerprint density at radius 2 is 2.07 bits per heavy atom. The highest BCUT2D eigenvalue weighted by molar-refractivity contribution is 7.32. The third-order valence-electron chi connectivity index (χ3n) is 1.53. The van der Waals surface area contributed by atoms with Crippen LogP contribution in [0.1, 0.15) is 5.56 Å². The standard InChI is InChI=1S/C9H9O4P/c10-9(13-14(11)12)7-6-8-4-2-1-3-5-8/h1-5,7H,6H2,(H-,10,11,12)/p+1/b9-7+. The minimum absolute atomic E-state index is 0.454. The molecule has 0 fully saturated rings. The third-order valence-corrected chi connectivity index (χ3v) is 1.87. The van der Waals surface area contributed by atoms with Crippen molar-refractivity contribution in [2.24, 2.45) is 0 Å². The highest BCUT2D eigenvalue weighted by Gasteiger charge is 2.15. The number of aliphatic hydroxyl groups excluding tert-OH is 1. The molecule has 5 heteroatoms. The van der Waals surface area contributed by atoms with Gasteiger partial charge in [0.1, 0.15) is 0 Å². The summed E-state index contributed by atoms with van der Waals surface area (Å²) in [6.07, 6.45) is 1.79. The molecule has 0 radical (unpaired) electrons. The van der Waals surface area contributed by atoms with E-state index in [1.807, 2.05) is 30.3 Å². The normalized spacial score (nSPS) is 12.4. The molecule has 0 aromatic heterocycles. The summed E-state index contributed by atoms with van der Waals surface area (Å²) in [5.74, 6) is -0.530. The number of rotatable bonds is 4. The van der Waals surface area contributed by atoms with Crippen molar-refractivity contribution in [2.75, 3.05) is 0 Å². The molecule has 74 valence electrons. The molecule has 0 aliphatic heterocycles. The fourth-order valence-corrected chi connectivity index (χ4v) is 1.17. The molecule has 1 atom stereocenters. The van der Waals surface area contributed by atoms with Crippen molar-refractivity contribution < 1.29 is 19.1 Å². The number of hydrogen-bond donors (Lipinski definition) is 2. The second-order valence-corrected chi connectivity index (χ2v) is 3.22. The van der Waals surface area contributed by atoms with Crippen molar-refractivity contribution >= 4 is 8.25 Å². The highest BCUT2D eigenvalue weighted by Crippen LogP contribution is 2.18. The second-order valence-electron chi connectivity index (χ2n) is 2.56. The molecule has 0 aliphatic carbocycles. The van der Waals surface area contributed by atoms with Gasteiger partial charge in [-0.15, -0.1) is 4.89 Å². The summed E-state index contributed by atoms with van der Waals surface area (Å²) in [6, 6.07) is 9.38. The van der Waals surface area contributed by atoms with Gasteiger partial charge in [0.15, 0.2) is 0 Å². The Balaban J connectivity index is 2.51. The molecule has 1 aromatic carbocycles. The molecule has 4 nitrogen and oxygen atoms in total. The molecular weight excluding hydrogens is 203 g/mol. The van der Waals surface area contributed by atoms with Crippen molar-refractivity contribution in [2.45, 2.75) is 6.42 Å². The smallest absolute Gasteiger partial charge is 0.478 e. The first-order valence-corrected chi connectivity index (χ1v) is 5.08. The van der Waals surface area contributed by atoms with E-state index in [-0.39, 0.29) is 0 Å². The van der Waals surface area contributed by atoms with Crippen LogP contribution in [0.3, 0.4) is 0 Å². The predicted molar refractivity (Wildman–Crippen MR) is 51.8 cm³/mol. The Morgan fingerprint density at radius 3 is 2.64 bits per heavy atom. The highest BCUT2D eigenvalue weighted by atomic mass is 31.1. The topological polar surface area (TPSA) is 66.8 Å². The fourth-order valence-electron chi connectivity index (χ4n) is 0.937. The van der Waals surface area contributed by atoms with E-state index >= 15 is 0 Å². The zero-order valence-corrected chi connectivity index (χ0v) is 8.22. The Morgan fingerprint density at radius 1 is 1.43 bits per heavy atom. The molecule has 0 amide bonds. The Kier molecular flexibility index (Phi) is 4.11. The fraction of sp³-hybridized carbons (Fsp3) is 0.111. The van der Waals surface area contributed by atoms with Gasteiger partial charge >= 0.3 is 14.2 Å². The minimum Gasteiger partial charge on any atom is -0.478 e. The third kappa shape index (κ3) is 4.03. The average Bonchev–Trinajstić information content (AvgIpc) is 2.15. The van der Waals surface area contributed by atoms with Gasteiger partial charge < -0.3 is 5.11 Å². The molecule has 1 aromatic rings. The minimum atomic E-state index is -2.79. The van der Waals surface area contributed by atoms with E-state index in [1.54, 1.807) is 0 Å². The van der Waals surface area contributed by atoms with Gasteiger partial charge in [-0.25, -0.2) is 0 Å². The summed E-state index contributed by atoms with van der Waals surface area (Å²) in [4.78, 5) is 8.31. The van der Waals surface area contributed by atoms with E-state index in [1.165, 1.54) is 6.08 Å². The van der Waals surface area contributed by atoms with Crippen molar-refractivity contribution in [3.8, 4) is 0 Å². The van der Waals surface area contributed by atoms with Gasteiger partial charge in [0.05, 0.1) is 0 Å². The van der Waals surface area contributed by atoms with Crippen molar-refractivity contribution in [1.82, 2.24) is 0 Å². The lowest BCUT2D eigenvalue weighted by Gasteiger charge is -1.93. The number of allylic oxidation sites excluding steroid dienone is 1. The average molecular weight is 213 g/mol. The second kappa shape index (κ2) is 5.37. The summed E-state index contributed by atoms with van der Waals surface area (Å²) >= 11 is 0. The van der Waals surface area contributed by atoms with Crippen molar-refractivity contribution in [3.63, 3.8) is 0 Å².